The number of aromatic nitrogens is 1. The molecule has 0 bridgehead atoms. The lowest BCUT2D eigenvalue weighted by atomic mass is 10.1. The van der Waals surface area contributed by atoms with Crippen LogP contribution in [0.1, 0.15) is 45.2 Å². The fourth-order valence-corrected chi connectivity index (χ4v) is 5.87. The molecule has 1 aromatic carbocycles. The number of halogens is 1. The van der Waals surface area contributed by atoms with Crippen LogP contribution in [0.2, 0.25) is 0 Å². The van der Waals surface area contributed by atoms with E-state index in [9.17, 15) is 13.8 Å². The van der Waals surface area contributed by atoms with Crippen LogP contribution in [0.3, 0.4) is 0 Å². The van der Waals surface area contributed by atoms with Gasteiger partial charge in [-0.3, -0.25) is 19.3 Å². The largest absolute Gasteiger partial charge is 0.496 e. The molecule has 0 aliphatic carbocycles. The molecule has 3 rings (SSSR count). The van der Waals surface area contributed by atoms with Gasteiger partial charge in [-0.2, -0.15) is 0 Å². The Morgan fingerprint density at radius 3 is 2.65 bits per heavy atom. The van der Waals surface area contributed by atoms with E-state index < -0.39 is 17.1 Å². The van der Waals surface area contributed by atoms with Crippen LogP contribution in [0.4, 0.5) is 0 Å². The highest BCUT2D eigenvalue weighted by Gasteiger charge is 2.24. The second kappa shape index (κ2) is 14.7. The quantitative estimate of drug-likeness (QED) is 0.262. The topological polar surface area (TPSA) is 104 Å². The van der Waals surface area contributed by atoms with Crippen molar-refractivity contribution in [1.29, 1.82) is 0 Å². The summed E-state index contributed by atoms with van der Waals surface area (Å²) in [7, 11) is 4.83. The first kappa shape index (κ1) is 29.4. The molecular formula is C25H32IN5O4S2. The summed E-state index contributed by atoms with van der Waals surface area (Å²) in [6, 6.07) is 10.0. The average molecular weight is 658 g/mol. The number of ether oxygens (including phenoxy) is 1. The van der Waals surface area contributed by atoms with E-state index in [1.807, 2.05) is 29.2 Å². The fraction of sp³-hybridized carbons (Fsp3) is 0.440. The third kappa shape index (κ3) is 8.97. The molecular weight excluding hydrogens is 625 g/mol. The Balaban J connectivity index is 1.72. The third-order valence-electron chi connectivity index (χ3n) is 5.65. The number of alkyl halides is 1. The summed E-state index contributed by atoms with van der Waals surface area (Å²) in [4.78, 5) is 37.7. The van der Waals surface area contributed by atoms with Gasteiger partial charge in [0, 0.05) is 36.4 Å². The van der Waals surface area contributed by atoms with Crippen molar-refractivity contribution < 1.29 is 18.5 Å². The van der Waals surface area contributed by atoms with Crippen LogP contribution in [-0.2, 0) is 38.1 Å². The summed E-state index contributed by atoms with van der Waals surface area (Å²) in [5.74, 6) is 0.217. The molecule has 200 valence electrons. The van der Waals surface area contributed by atoms with Crippen molar-refractivity contribution in [3.8, 4) is 0 Å². The van der Waals surface area contributed by atoms with E-state index in [-0.39, 0.29) is 24.1 Å². The van der Waals surface area contributed by atoms with Crippen molar-refractivity contribution in [2.45, 2.75) is 42.7 Å². The number of thiazole rings is 1. The number of rotatable bonds is 13. The van der Waals surface area contributed by atoms with Gasteiger partial charge in [0.25, 0.3) is 5.91 Å². The second-order valence-electron chi connectivity index (χ2n) is 8.59. The van der Waals surface area contributed by atoms with Crippen LogP contribution in [0, 0.1) is 0 Å². The lowest BCUT2D eigenvalue weighted by Crippen LogP contribution is -2.35. The Bertz CT molecular complexity index is 1150. The smallest absolute Gasteiger partial charge is 0.283 e. The molecule has 0 radical (unpaired) electrons. The molecule has 2 aromatic rings. The summed E-state index contributed by atoms with van der Waals surface area (Å²) >= 11 is 1.94. The Labute approximate surface area is 238 Å². The Hall–Kier alpha value is -2.16. The highest BCUT2D eigenvalue weighted by molar-refractivity contribution is 14.1. The number of methoxy groups -OCH3 is 1. The predicted octanol–water partition coefficient (Wildman–Crippen LogP) is 3.67. The van der Waals surface area contributed by atoms with E-state index in [1.54, 1.807) is 27.4 Å². The molecule has 1 aromatic heterocycles. The van der Waals surface area contributed by atoms with Crippen molar-refractivity contribution in [2.75, 3.05) is 27.7 Å². The average Bonchev–Trinajstić information content (AvgIpc) is 3.32. The molecule has 0 saturated carbocycles. The number of allylic oxidation sites excluding steroid dienone is 1. The molecule has 1 aliphatic rings. The van der Waals surface area contributed by atoms with Crippen LogP contribution in [0.15, 0.2) is 47.2 Å². The molecule has 9 nitrogen and oxygen atoms in total. The van der Waals surface area contributed by atoms with Gasteiger partial charge in [-0.15, -0.1) is 11.3 Å². The lowest BCUT2D eigenvalue weighted by Gasteiger charge is -2.24. The summed E-state index contributed by atoms with van der Waals surface area (Å²) < 4.78 is 21.7. The van der Waals surface area contributed by atoms with E-state index >= 15 is 0 Å². The molecule has 37 heavy (non-hydrogen) atoms. The van der Waals surface area contributed by atoms with E-state index in [1.165, 1.54) is 21.2 Å². The van der Waals surface area contributed by atoms with E-state index in [2.05, 4.69) is 49.4 Å². The number of carbonyl (C=O) groups excluding carboxylic acids is 2. The summed E-state index contributed by atoms with van der Waals surface area (Å²) in [5, 5.41) is 0.675. The zero-order valence-electron chi connectivity index (χ0n) is 21.2. The van der Waals surface area contributed by atoms with Crippen LogP contribution in [0.5, 0.6) is 0 Å². The van der Waals surface area contributed by atoms with Crippen LogP contribution < -0.4 is 4.72 Å². The molecule has 2 heterocycles. The van der Waals surface area contributed by atoms with Crippen LogP contribution >= 0.6 is 33.9 Å². The number of nitrogens with zero attached hydrogens (tertiary/aromatic N) is 4. The number of aryl methyl sites for hydroxylation is 1. The standard InChI is InChI=1S/C25H32IN5O4S2/c1-30(2)37(34)29-25(33)24-21(15-26)36-22(28-24)17-31(13-7-10-18-8-5-4-6-9-18)23(32)14-19-11-12-20(35-3)16-27-19/h4-6,8-9,12,16,19H,7,10-11,13-15,17H2,1-3H3,(H,29,33). The summed E-state index contributed by atoms with van der Waals surface area (Å²) in [6.07, 6.45) is 6.20. The van der Waals surface area contributed by atoms with Gasteiger partial charge < -0.3 is 9.64 Å². The normalized spacial score (nSPS) is 15.8. The molecule has 1 N–H and O–H groups in total. The van der Waals surface area contributed by atoms with E-state index in [0.29, 0.717) is 34.7 Å². The van der Waals surface area contributed by atoms with Crippen molar-refractivity contribution in [3.63, 3.8) is 0 Å². The first-order chi connectivity index (χ1) is 17.8. The number of benzene rings is 1. The van der Waals surface area contributed by atoms with Gasteiger partial charge in [0.15, 0.2) is 11.2 Å². The van der Waals surface area contributed by atoms with Crippen LogP contribution in [0.25, 0.3) is 0 Å². The van der Waals surface area contributed by atoms with Gasteiger partial charge in [-0.05, 0) is 30.9 Å². The van der Waals surface area contributed by atoms with Gasteiger partial charge in [-0.25, -0.2) is 13.5 Å². The minimum atomic E-state index is -1.65. The van der Waals surface area contributed by atoms with E-state index in [0.717, 1.165) is 17.7 Å². The van der Waals surface area contributed by atoms with Gasteiger partial charge in [0.2, 0.25) is 5.91 Å². The highest BCUT2D eigenvalue weighted by atomic mass is 127. The van der Waals surface area contributed by atoms with Gasteiger partial charge in [0.1, 0.15) is 16.5 Å². The maximum absolute atomic E-state index is 13.4. The number of aliphatic imine (C=N–C) groups is 1. The molecule has 12 heteroatoms. The van der Waals surface area contributed by atoms with Crippen molar-refractivity contribution in [3.05, 3.63) is 63.3 Å². The predicted molar refractivity (Wildman–Crippen MR) is 156 cm³/mol. The Morgan fingerprint density at radius 1 is 1.27 bits per heavy atom. The second-order valence-corrected chi connectivity index (χ2v) is 12.0. The van der Waals surface area contributed by atoms with Crippen molar-refractivity contribution >= 4 is 63.1 Å². The van der Waals surface area contributed by atoms with Crippen LogP contribution in [-0.4, -0.2) is 70.2 Å². The number of hydrogen-bond acceptors (Lipinski definition) is 7. The van der Waals surface area contributed by atoms with Crippen molar-refractivity contribution in [2.24, 2.45) is 4.99 Å². The molecule has 2 amide bonds. The summed E-state index contributed by atoms with van der Waals surface area (Å²) in [6.45, 7) is 0.871. The zero-order chi connectivity index (χ0) is 26.8. The number of dihydropyridines is 1. The number of nitrogens with one attached hydrogen (secondary N) is 1. The summed E-state index contributed by atoms with van der Waals surface area (Å²) in [5.41, 5.74) is 1.48. The minimum Gasteiger partial charge on any atom is -0.496 e. The Morgan fingerprint density at radius 2 is 2.03 bits per heavy atom. The zero-order valence-corrected chi connectivity index (χ0v) is 25.0. The van der Waals surface area contributed by atoms with Gasteiger partial charge >= 0.3 is 0 Å². The fourth-order valence-electron chi connectivity index (χ4n) is 3.68. The first-order valence-corrected chi connectivity index (χ1v) is 15.3. The lowest BCUT2D eigenvalue weighted by molar-refractivity contribution is -0.132. The van der Waals surface area contributed by atoms with E-state index in [4.69, 9.17) is 4.74 Å². The van der Waals surface area contributed by atoms with Gasteiger partial charge in [-0.1, -0.05) is 52.9 Å². The highest BCUT2D eigenvalue weighted by Crippen LogP contribution is 2.24. The molecule has 2 atom stereocenters. The van der Waals surface area contributed by atoms with Crippen molar-refractivity contribution in [1.82, 2.24) is 18.9 Å². The number of carbonyl (C=O) groups is 2. The molecule has 0 fully saturated rings. The third-order valence-corrected chi connectivity index (χ3v) is 9.00. The maximum Gasteiger partial charge on any atom is 0.283 e. The number of hydrogen-bond donors (Lipinski definition) is 1. The molecule has 0 saturated heterocycles. The monoisotopic (exact) mass is 657 g/mol. The number of amides is 2. The Kier molecular flexibility index (Phi) is 11.7. The first-order valence-electron chi connectivity index (χ1n) is 11.8. The molecule has 0 spiro atoms. The minimum absolute atomic E-state index is 0.00425. The SMILES string of the molecule is COC1=CCC(CC(=O)N(CCCc2ccccc2)Cc2nc(C(=O)NS(=O)N(C)C)c(CI)s2)N=C1. The molecule has 2 unspecified atom stereocenters. The molecule has 1 aliphatic heterocycles. The van der Waals surface area contributed by atoms with Gasteiger partial charge in [0.05, 0.1) is 25.9 Å². The maximum atomic E-state index is 13.4.